The molecule has 0 fully saturated rings. The molecule has 0 saturated heterocycles. The van der Waals surface area contributed by atoms with Crippen LogP contribution in [0.2, 0.25) is 0 Å². The molecule has 0 bridgehead atoms. The average molecular weight is 311 g/mol. The maximum Gasteiger partial charge on any atom is 0.203 e. The molecule has 0 spiro atoms. The molecule has 3 rings (SSSR count). The Morgan fingerprint density at radius 3 is 2.48 bits per heavy atom. The number of fused-ring (bicyclic) bond motifs is 1. The van der Waals surface area contributed by atoms with Gasteiger partial charge in [0.05, 0.1) is 20.8 Å². The smallest absolute Gasteiger partial charge is 0.203 e. The molecule has 2 aromatic carbocycles. The molecule has 0 saturated carbocycles. The fourth-order valence-electron chi connectivity index (χ4n) is 2.99. The van der Waals surface area contributed by atoms with Crippen LogP contribution in [0.3, 0.4) is 0 Å². The lowest BCUT2D eigenvalue weighted by Crippen LogP contribution is -2.00. The number of aryl methyl sites for hydroxylation is 1. The van der Waals surface area contributed by atoms with Crippen molar-refractivity contribution in [1.82, 2.24) is 0 Å². The van der Waals surface area contributed by atoms with Gasteiger partial charge in [-0.2, -0.15) is 0 Å². The Morgan fingerprint density at radius 2 is 1.78 bits per heavy atom. The molecule has 23 heavy (non-hydrogen) atoms. The highest BCUT2D eigenvalue weighted by Gasteiger charge is 2.22. The number of carbonyl (C=O) groups is 1. The van der Waals surface area contributed by atoms with Crippen LogP contribution in [0.4, 0.5) is 0 Å². The number of ketones is 1. The summed E-state index contributed by atoms with van der Waals surface area (Å²) in [5, 5.41) is 0. The van der Waals surface area contributed by atoms with Crippen molar-refractivity contribution in [2.45, 2.75) is 12.8 Å². The fourth-order valence-corrected chi connectivity index (χ4v) is 2.99. The standard InChI is InChI=1S/C19H19O4/c1-4-23-18-15(8-10-17(21-2)19(18)22-3)13-5-7-14-12(11-13)6-9-16(14)20/h5,7-8,10-11H,1,4,6,9H2,2-3H3. The minimum absolute atomic E-state index is 0.216. The van der Waals surface area contributed by atoms with E-state index in [1.165, 1.54) is 0 Å². The van der Waals surface area contributed by atoms with Crippen LogP contribution in [0.1, 0.15) is 22.3 Å². The second-order valence-electron chi connectivity index (χ2n) is 5.32. The predicted molar refractivity (Wildman–Crippen MR) is 88.5 cm³/mol. The van der Waals surface area contributed by atoms with Gasteiger partial charge in [-0.3, -0.25) is 4.79 Å². The number of hydrogen-bond acceptors (Lipinski definition) is 4. The first-order valence-electron chi connectivity index (χ1n) is 7.53. The van der Waals surface area contributed by atoms with Gasteiger partial charge in [-0.05, 0) is 36.6 Å². The van der Waals surface area contributed by atoms with Crippen molar-refractivity contribution >= 4 is 5.78 Å². The summed E-state index contributed by atoms with van der Waals surface area (Å²) >= 11 is 0. The fraction of sp³-hybridized carbons (Fsp3) is 0.263. The monoisotopic (exact) mass is 311 g/mol. The molecule has 0 aliphatic heterocycles. The van der Waals surface area contributed by atoms with Crippen LogP contribution in [-0.2, 0) is 6.42 Å². The molecule has 2 aromatic rings. The maximum absolute atomic E-state index is 11.8. The summed E-state index contributed by atoms with van der Waals surface area (Å²) in [7, 11) is 3.17. The Hall–Kier alpha value is -2.49. The van der Waals surface area contributed by atoms with Crippen LogP contribution < -0.4 is 14.2 Å². The largest absolute Gasteiger partial charge is 0.493 e. The second-order valence-corrected chi connectivity index (χ2v) is 5.32. The van der Waals surface area contributed by atoms with E-state index in [1.807, 2.05) is 24.3 Å². The highest BCUT2D eigenvalue weighted by Crippen LogP contribution is 2.45. The molecule has 119 valence electrons. The SMILES string of the molecule is [CH2]COc1c(-c2ccc3c(c2)CCC3=O)ccc(OC)c1OC. The Kier molecular flexibility index (Phi) is 4.24. The van der Waals surface area contributed by atoms with E-state index in [1.54, 1.807) is 14.2 Å². The van der Waals surface area contributed by atoms with Crippen molar-refractivity contribution in [3.05, 3.63) is 48.4 Å². The van der Waals surface area contributed by atoms with Crippen molar-refractivity contribution in [2.24, 2.45) is 0 Å². The third kappa shape index (κ3) is 2.65. The summed E-state index contributed by atoms with van der Waals surface area (Å²) in [6.45, 7) is 4.03. The molecular formula is C19H19O4. The van der Waals surface area contributed by atoms with Gasteiger partial charge in [0.2, 0.25) is 5.75 Å². The van der Waals surface area contributed by atoms with Gasteiger partial charge in [0.25, 0.3) is 0 Å². The van der Waals surface area contributed by atoms with Gasteiger partial charge in [-0.25, -0.2) is 0 Å². The lowest BCUT2D eigenvalue weighted by atomic mass is 9.99. The van der Waals surface area contributed by atoms with Crippen LogP contribution in [0.15, 0.2) is 30.3 Å². The summed E-state index contributed by atoms with van der Waals surface area (Å²) < 4.78 is 16.5. The maximum atomic E-state index is 11.8. The molecule has 1 aliphatic carbocycles. The van der Waals surface area contributed by atoms with Gasteiger partial charge in [0.1, 0.15) is 0 Å². The van der Waals surface area contributed by atoms with Gasteiger partial charge in [0.15, 0.2) is 17.3 Å². The number of rotatable bonds is 5. The Labute approximate surface area is 136 Å². The zero-order valence-corrected chi connectivity index (χ0v) is 13.3. The topological polar surface area (TPSA) is 44.8 Å². The van der Waals surface area contributed by atoms with Gasteiger partial charge < -0.3 is 14.2 Å². The van der Waals surface area contributed by atoms with Crippen molar-refractivity contribution in [1.29, 1.82) is 0 Å². The van der Waals surface area contributed by atoms with E-state index in [-0.39, 0.29) is 12.4 Å². The summed E-state index contributed by atoms with van der Waals surface area (Å²) in [6, 6.07) is 9.68. The molecule has 0 amide bonds. The van der Waals surface area contributed by atoms with Crippen molar-refractivity contribution in [2.75, 3.05) is 20.8 Å². The molecule has 0 atom stereocenters. The van der Waals surface area contributed by atoms with Crippen LogP contribution in [0.25, 0.3) is 11.1 Å². The number of Topliss-reactive ketones (excluding diaryl/α,β-unsaturated/α-hetero) is 1. The van der Waals surface area contributed by atoms with Crippen LogP contribution in [0.5, 0.6) is 17.2 Å². The van der Waals surface area contributed by atoms with Gasteiger partial charge >= 0.3 is 0 Å². The molecular weight excluding hydrogens is 292 g/mol. The molecule has 0 aromatic heterocycles. The van der Waals surface area contributed by atoms with E-state index in [2.05, 4.69) is 13.0 Å². The molecule has 4 nitrogen and oxygen atoms in total. The minimum atomic E-state index is 0.216. The first kappa shape index (κ1) is 15.4. The van der Waals surface area contributed by atoms with Gasteiger partial charge in [-0.1, -0.05) is 18.2 Å². The lowest BCUT2D eigenvalue weighted by molar-refractivity contribution is 0.0994. The van der Waals surface area contributed by atoms with Gasteiger partial charge in [-0.15, -0.1) is 0 Å². The Bertz CT molecular complexity index is 749. The van der Waals surface area contributed by atoms with Crippen molar-refractivity contribution in [3.63, 3.8) is 0 Å². The number of benzene rings is 2. The highest BCUT2D eigenvalue weighted by molar-refractivity contribution is 6.01. The summed E-state index contributed by atoms with van der Waals surface area (Å²) in [6.07, 6.45) is 1.38. The first-order valence-corrected chi connectivity index (χ1v) is 7.53. The average Bonchev–Trinajstić information content (AvgIpc) is 2.95. The third-order valence-electron chi connectivity index (χ3n) is 4.08. The Morgan fingerprint density at radius 1 is 1.00 bits per heavy atom. The second kappa shape index (κ2) is 6.32. The molecule has 1 radical (unpaired) electrons. The first-order chi connectivity index (χ1) is 11.2. The van der Waals surface area contributed by atoms with E-state index in [4.69, 9.17) is 14.2 Å². The normalized spacial score (nSPS) is 12.9. The van der Waals surface area contributed by atoms with Crippen molar-refractivity contribution in [3.8, 4) is 28.4 Å². The number of hydrogen-bond donors (Lipinski definition) is 0. The van der Waals surface area contributed by atoms with Crippen molar-refractivity contribution < 1.29 is 19.0 Å². The summed E-state index contributed by atoms with van der Waals surface area (Å²) in [5.41, 5.74) is 3.80. The van der Waals surface area contributed by atoms with E-state index in [0.29, 0.717) is 23.7 Å². The zero-order valence-electron chi connectivity index (χ0n) is 13.3. The summed E-state index contributed by atoms with van der Waals surface area (Å²) in [4.78, 5) is 11.8. The predicted octanol–water partition coefficient (Wildman–Crippen LogP) is 3.71. The van der Waals surface area contributed by atoms with Gasteiger partial charge in [0, 0.05) is 17.5 Å². The number of methoxy groups -OCH3 is 2. The van der Waals surface area contributed by atoms with E-state index < -0.39 is 0 Å². The van der Waals surface area contributed by atoms with Crippen LogP contribution in [-0.4, -0.2) is 26.6 Å². The molecule has 1 aliphatic rings. The van der Waals surface area contributed by atoms with E-state index in [9.17, 15) is 4.79 Å². The van der Waals surface area contributed by atoms with E-state index >= 15 is 0 Å². The van der Waals surface area contributed by atoms with Crippen LogP contribution in [0, 0.1) is 6.92 Å². The number of ether oxygens (including phenoxy) is 3. The van der Waals surface area contributed by atoms with Crippen LogP contribution >= 0.6 is 0 Å². The highest BCUT2D eigenvalue weighted by atomic mass is 16.5. The molecule has 0 unspecified atom stereocenters. The summed E-state index contributed by atoms with van der Waals surface area (Å²) in [5.74, 6) is 1.97. The minimum Gasteiger partial charge on any atom is -0.493 e. The Balaban J connectivity index is 2.14. The zero-order chi connectivity index (χ0) is 16.4. The third-order valence-corrected chi connectivity index (χ3v) is 4.08. The molecule has 0 N–H and O–H groups in total. The number of carbonyl (C=O) groups excluding carboxylic acids is 1. The van der Waals surface area contributed by atoms with E-state index in [0.717, 1.165) is 28.7 Å². The lowest BCUT2D eigenvalue weighted by Gasteiger charge is -2.17. The quantitative estimate of drug-likeness (QED) is 0.844. The molecule has 4 heteroatoms. The molecule has 0 heterocycles.